The zero-order chi connectivity index (χ0) is 52.6. The lowest BCUT2D eigenvalue weighted by Gasteiger charge is -2.57. The summed E-state index contributed by atoms with van der Waals surface area (Å²) in [6.07, 6.45) is 16.7. The number of rotatable bonds is 7. The van der Waals surface area contributed by atoms with Gasteiger partial charge in [-0.25, -0.2) is 15.0 Å². The Morgan fingerprint density at radius 3 is 1.48 bits per heavy atom. The third kappa shape index (κ3) is 6.96. The summed E-state index contributed by atoms with van der Waals surface area (Å²) in [5.74, 6) is 7.28. The SMILES string of the molecule is CC1(C)c2ccccc2-c2ccc(-c3cc(-c4ccc(C56CC7CC(CC(C7)C5)C6)cc4)cc(-c4nc(-c5ccc(C67CC8CC(CC(C8)C6)C7)cc5)nc(-c5c6ccccc6cc6c5oc5cc7ccccc7cc56)n4)c3)cc21. The van der Waals surface area contributed by atoms with Crippen LogP contribution in [-0.4, -0.2) is 15.0 Å². The molecule has 9 aromatic carbocycles. The van der Waals surface area contributed by atoms with Crippen LogP contribution in [0.2, 0.25) is 0 Å². The van der Waals surface area contributed by atoms with Crippen molar-refractivity contribution in [2.75, 3.05) is 0 Å². The Balaban J connectivity index is 0.841. The molecule has 0 aliphatic heterocycles. The molecular weight excluding hydrogens is 971 g/mol. The van der Waals surface area contributed by atoms with E-state index in [0.29, 0.717) is 28.3 Å². The number of hydrogen-bond donors (Lipinski definition) is 0. The number of benzene rings is 9. The number of furan rings is 1. The van der Waals surface area contributed by atoms with Gasteiger partial charge in [0.25, 0.3) is 0 Å². The third-order valence-electron chi connectivity index (χ3n) is 22.0. The molecule has 390 valence electrons. The lowest BCUT2D eigenvalue weighted by molar-refractivity contribution is -0.00530. The lowest BCUT2D eigenvalue weighted by Crippen LogP contribution is -2.48. The number of nitrogens with zero attached hydrogens (tertiary/aromatic N) is 3. The molecule has 8 fully saturated rings. The van der Waals surface area contributed by atoms with Crippen LogP contribution < -0.4 is 0 Å². The van der Waals surface area contributed by atoms with Crippen molar-refractivity contribution in [3.8, 4) is 67.5 Å². The summed E-state index contributed by atoms with van der Waals surface area (Å²) in [5, 5.41) is 6.67. The van der Waals surface area contributed by atoms with Crippen LogP contribution in [0.1, 0.15) is 113 Å². The Morgan fingerprint density at radius 1 is 0.362 bits per heavy atom. The van der Waals surface area contributed by atoms with Crippen LogP contribution in [0, 0.1) is 35.5 Å². The van der Waals surface area contributed by atoms with Gasteiger partial charge in [-0.1, -0.05) is 147 Å². The van der Waals surface area contributed by atoms with Crippen molar-refractivity contribution in [2.24, 2.45) is 35.5 Å². The van der Waals surface area contributed by atoms with E-state index in [-0.39, 0.29) is 5.41 Å². The minimum Gasteiger partial charge on any atom is -0.455 e. The highest BCUT2D eigenvalue weighted by atomic mass is 16.3. The molecule has 4 nitrogen and oxygen atoms in total. The fourth-order valence-electron chi connectivity index (χ4n) is 19.1. The topological polar surface area (TPSA) is 51.8 Å². The van der Waals surface area contributed by atoms with E-state index >= 15 is 0 Å². The molecular formula is C76H65N3O. The fraction of sp³-hybridized carbons (Fsp3) is 0.303. The van der Waals surface area contributed by atoms with Crippen LogP contribution in [0.4, 0.5) is 0 Å². The molecule has 9 aliphatic carbocycles. The maximum atomic E-state index is 7.09. The molecule has 0 amide bonds. The van der Waals surface area contributed by atoms with E-state index in [0.717, 1.165) is 101 Å². The maximum Gasteiger partial charge on any atom is 0.168 e. The molecule has 4 heteroatoms. The molecule has 11 aromatic rings. The van der Waals surface area contributed by atoms with E-state index in [1.807, 2.05) is 0 Å². The molecule has 0 N–H and O–H groups in total. The monoisotopic (exact) mass is 1040 g/mol. The van der Waals surface area contributed by atoms with Crippen molar-refractivity contribution in [3.63, 3.8) is 0 Å². The molecule has 2 heterocycles. The van der Waals surface area contributed by atoms with Gasteiger partial charge in [-0.05, 0) is 243 Å². The normalized spacial score (nSPS) is 26.5. The third-order valence-corrected chi connectivity index (χ3v) is 22.0. The molecule has 2 aromatic heterocycles. The van der Waals surface area contributed by atoms with E-state index in [1.165, 1.54) is 121 Å². The van der Waals surface area contributed by atoms with Crippen molar-refractivity contribution in [1.82, 2.24) is 15.0 Å². The Labute approximate surface area is 468 Å². The van der Waals surface area contributed by atoms with Crippen molar-refractivity contribution < 1.29 is 4.42 Å². The standard InChI is InChI=1S/C76H65N3O/c1-74(2)66-14-8-7-13-62(66)63-24-19-54(36-67(63)74)57-31-56(50-15-20-59(21-16-50)75-38-44-25-45(39-75)27-46(26-44)40-75)32-58(33-57)72-77-71(51-17-22-60(23-18-51)76-41-47-28-48(42-76)30-49(29-47)43-76)78-73(79-72)69-61-12-6-5-11-55(61)35-65-64-34-52-9-3-4-10-53(52)37-68(64)80-70(65)69/h3-24,31-37,44-49H,25-30,38-43H2,1-2H3. The second-order valence-corrected chi connectivity index (χ2v) is 27.2. The van der Waals surface area contributed by atoms with Crippen LogP contribution in [0.5, 0.6) is 0 Å². The van der Waals surface area contributed by atoms with Crippen LogP contribution in [0.15, 0.2) is 180 Å². The summed E-state index contributed by atoms with van der Waals surface area (Å²) < 4.78 is 7.09. The molecule has 0 saturated heterocycles. The van der Waals surface area contributed by atoms with Gasteiger partial charge in [0.1, 0.15) is 11.2 Å². The summed E-state index contributed by atoms with van der Waals surface area (Å²) in [5.41, 5.74) is 18.2. The van der Waals surface area contributed by atoms with E-state index in [9.17, 15) is 0 Å². The molecule has 0 atom stereocenters. The van der Waals surface area contributed by atoms with Gasteiger partial charge in [-0.15, -0.1) is 0 Å². The van der Waals surface area contributed by atoms with Gasteiger partial charge in [0.05, 0.1) is 5.56 Å². The fourth-order valence-corrected chi connectivity index (χ4v) is 19.1. The second-order valence-electron chi connectivity index (χ2n) is 27.2. The first-order valence-electron chi connectivity index (χ1n) is 30.3. The number of aromatic nitrogens is 3. The quantitative estimate of drug-likeness (QED) is 0.160. The van der Waals surface area contributed by atoms with Crippen LogP contribution in [0.25, 0.3) is 111 Å². The van der Waals surface area contributed by atoms with E-state index in [4.69, 9.17) is 19.4 Å². The Morgan fingerprint density at radius 2 is 0.838 bits per heavy atom. The van der Waals surface area contributed by atoms with Crippen molar-refractivity contribution in [2.45, 2.75) is 107 Å². The smallest absolute Gasteiger partial charge is 0.168 e. The average molecular weight is 1040 g/mol. The summed E-state index contributed by atoms with van der Waals surface area (Å²) >= 11 is 0. The van der Waals surface area contributed by atoms with Gasteiger partial charge in [0, 0.05) is 27.3 Å². The molecule has 8 saturated carbocycles. The average Bonchev–Trinajstić information content (AvgIpc) is 4.03. The summed E-state index contributed by atoms with van der Waals surface area (Å²) in [4.78, 5) is 16.9. The molecule has 0 spiro atoms. The highest BCUT2D eigenvalue weighted by Gasteiger charge is 2.53. The molecule has 9 aliphatic rings. The van der Waals surface area contributed by atoms with E-state index in [1.54, 1.807) is 5.56 Å². The zero-order valence-electron chi connectivity index (χ0n) is 45.9. The molecule has 80 heavy (non-hydrogen) atoms. The number of fused-ring (bicyclic) bond motifs is 8. The molecule has 8 bridgehead atoms. The molecule has 20 rings (SSSR count). The summed E-state index contributed by atoms with van der Waals surface area (Å²) in [7, 11) is 0. The Bertz CT molecular complexity index is 4330. The van der Waals surface area contributed by atoms with Gasteiger partial charge in [-0.3, -0.25) is 0 Å². The van der Waals surface area contributed by atoms with Gasteiger partial charge in [0.15, 0.2) is 17.5 Å². The van der Waals surface area contributed by atoms with Crippen molar-refractivity contribution >= 4 is 43.5 Å². The highest BCUT2D eigenvalue weighted by Crippen LogP contribution is 2.62. The largest absolute Gasteiger partial charge is 0.455 e. The van der Waals surface area contributed by atoms with Crippen LogP contribution in [-0.2, 0) is 16.2 Å². The van der Waals surface area contributed by atoms with Crippen LogP contribution >= 0.6 is 0 Å². The van der Waals surface area contributed by atoms with Crippen molar-refractivity contribution in [1.29, 1.82) is 0 Å². The first-order chi connectivity index (χ1) is 39.1. The summed E-state index contributed by atoms with van der Waals surface area (Å²) in [6, 6.07) is 66.6. The number of hydrogen-bond acceptors (Lipinski definition) is 4. The summed E-state index contributed by atoms with van der Waals surface area (Å²) in [6.45, 7) is 4.76. The van der Waals surface area contributed by atoms with Gasteiger partial charge >= 0.3 is 0 Å². The van der Waals surface area contributed by atoms with Gasteiger partial charge < -0.3 is 4.42 Å². The predicted octanol–water partition coefficient (Wildman–Crippen LogP) is 19.7. The van der Waals surface area contributed by atoms with Gasteiger partial charge in [-0.2, -0.15) is 0 Å². The first-order valence-corrected chi connectivity index (χ1v) is 30.3. The zero-order valence-corrected chi connectivity index (χ0v) is 45.9. The Kier molecular flexibility index (Phi) is 9.62. The van der Waals surface area contributed by atoms with E-state index < -0.39 is 0 Å². The lowest BCUT2D eigenvalue weighted by atomic mass is 9.48. The van der Waals surface area contributed by atoms with Crippen LogP contribution in [0.3, 0.4) is 0 Å². The maximum absolute atomic E-state index is 7.09. The van der Waals surface area contributed by atoms with Crippen molar-refractivity contribution in [3.05, 3.63) is 198 Å². The minimum atomic E-state index is -0.133. The second kappa shape index (κ2) is 16.7. The van der Waals surface area contributed by atoms with E-state index in [2.05, 4.69) is 190 Å². The van der Waals surface area contributed by atoms with Gasteiger partial charge in [0.2, 0.25) is 0 Å². The predicted molar refractivity (Wildman–Crippen MR) is 327 cm³/mol. The molecule has 0 radical (unpaired) electrons. The first kappa shape index (κ1) is 46.1. The molecule has 0 unspecified atom stereocenters. The minimum absolute atomic E-state index is 0.133. The highest BCUT2D eigenvalue weighted by molar-refractivity contribution is 6.19. The Hall–Kier alpha value is -7.69.